The topological polar surface area (TPSA) is 85.1 Å². The van der Waals surface area contributed by atoms with Crippen LogP contribution in [0.4, 0.5) is 5.13 Å². The second kappa shape index (κ2) is 6.30. The van der Waals surface area contributed by atoms with E-state index in [2.05, 4.69) is 10.3 Å². The SMILES string of the molecule is CC/C(C(N)=O)=C(/CC)C(=O)Nc1nc(C)cs1. The first-order valence-electron chi connectivity index (χ1n) is 5.74. The van der Waals surface area contributed by atoms with Gasteiger partial charge >= 0.3 is 0 Å². The second-order valence-electron chi connectivity index (χ2n) is 3.78. The maximum Gasteiger partial charge on any atom is 0.253 e. The fourth-order valence-corrected chi connectivity index (χ4v) is 2.31. The van der Waals surface area contributed by atoms with Gasteiger partial charge in [-0.15, -0.1) is 11.3 Å². The van der Waals surface area contributed by atoms with E-state index in [1.54, 1.807) is 6.92 Å². The third-order valence-corrected chi connectivity index (χ3v) is 3.36. The molecule has 18 heavy (non-hydrogen) atoms. The van der Waals surface area contributed by atoms with E-state index in [0.29, 0.717) is 29.1 Å². The van der Waals surface area contributed by atoms with Gasteiger partial charge in [-0.25, -0.2) is 4.98 Å². The van der Waals surface area contributed by atoms with Crippen molar-refractivity contribution in [2.45, 2.75) is 33.6 Å². The van der Waals surface area contributed by atoms with E-state index >= 15 is 0 Å². The molecule has 0 aliphatic heterocycles. The number of hydrogen-bond donors (Lipinski definition) is 2. The fraction of sp³-hybridized carbons (Fsp3) is 0.417. The normalized spacial score (nSPS) is 11.9. The molecular weight excluding hydrogens is 250 g/mol. The number of nitrogens with one attached hydrogen (secondary N) is 1. The van der Waals surface area contributed by atoms with Crippen LogP contribution in [0.15, 0.2) is 16.5 Å². The minimum atomic E-state index is -0.542. The monoisotopic (exact) mass is 267 g/mol. The van der Waals surface area contributed by atoms with Gasteiger partial charge in [-0.05, 0) is 19.8 Å². The molecule has 2 amide bonds. The van der Waals surface area contributed by atoms with Crippen molar-refractivity contribution in [3.63, 3.8) is 0 Å². The number of anilines is 1. The van der Waals surface area contributed by atoms with Crippen LogP contribution in [0, 0.1) is 6.92 Å². The molecule has 0 saturated carbocycles. The van der Waals surface area contributed by atoms with Crippen LogP contribution in [0.5, 0.6) is 0 Å². The van der Waals surface area contributed by atoms with Crippen molar-refractivity contribution < 1.29 is 9.59 Å². The van der Waals surface area contributed by atoms with Crippen LogP contribution in [0.3, 0.4) is 0 Å². The Bertz CT molecular complexity index is 491. The molecule has 5 nitrogen and oxygen atoms in total. The smallest absolute Gasteiger partial charge is 0.253 e. The lowest BCUT2D eigenvalue weighted by Crippen LogP contribution is -2.22. The van der Waals surface area contributed by atoms with Crippen molar-refractivity contribution in [2.75, 3.05) is 5.32 Å². The zero-order chi connectivity index (χ0) is 13.7. The molecule has 1 heterocycles. The van der Waals surface area contributed by atoms with Gasteiger partial charge in [0.25, 0.3) is 5.91 Å². The van der Waals surface area contributed by atoms with E-state index in [0.717, 1.165) is 5.69 Å². The summed E-state index contributed by atoms with van der Waals surface area (Å²) in [7, 11) is 0. The molecule has 1 aromatic rings. The van der Waals surface area contributed by atoms with E-state index in [9.17, 15) is 9.59 Å². The average Bonchev–Trinajstić information content (AvgIpc) is 2.70. The summed E-state index contributed by atoms with van der Waals surface area (Å²) in [6.45, 7) is 5.47. The summed E-state index contributed by atoms with van der Waals surface area (Å²) < 4.78 is 0. The Labute approximate surface area is 110 Å². The lowest BCUT2D eigenvalue weighted by atomic mass is 10.0. The molecule has 0 saturated heterocycles. The molecule has 0 aliphatic rings. The number of nitrogens with two attached hydrogens (primary N) is 1. The van der Waals surface area contributed by atoms with Gasteiger partial charge in [-0.3, -0.25) is 14.9 Å². The van der Waals surface area contributed by atoms with Crippen molar-refractivity contribution in [2.24, 2.45) is 5.73 Å². The number of amides is 2. The van der Waals surface area contributed by atoms with Gasteiger partial charge in [0.2, 0.25) is 5.91 Å². The van der Waals surface area contributed by atoms with Gasteiger partial charge in [0, 0.05) is 16.5 Å². The first-order valence-corrected chi connectivity index (χ1v) is 6.62. The first-order chi connectivity index (χ1) is 8.49. The lowest BCUT2D eigenvalue weighted by molar-refractivity contribution is -0.116. The summed E-state index contributed by atoms with van der Waals surface area (Å²) in [4.78, 5) is 27.5. The summed E-state index contributed by atoms with van der Waals surface area (Å²) in [6, 6.07) is 0. The van der Waals surface area contributed by atoms with Crippen LogP contribution in [0.1, 0.15) is 32.4 Å². The van der Waals surface area contributed by atoms with E-state index in [1.807, 2.05) is 19.2 Å². The predicted molar refractivity (Wildman–Crippen MR) is 72.3 cm³/mol. The predicted octanol–water partition coefficient (Wildman–Crippen LogP) is 1.99. The van der Waals surface area contributed by atoms with Crippen molar-refractivity contribution in [3.05, 3.63) is 22.2 Å². The number of aryl methyl sites for hydroxylation is 1. The maximum atomic E-state index is 12.0. The van der Waals surface area contributed by atoms with Gasteiger partial charge < -0.3 is 5.73 Å². The summed E-state index contributed by atoms with van der Waals surface area (Å²) >= 11 is 1.35. The quantitative estimate of drug-likeness (QED) is 0.800. The van der Waals surface area contributed by atoms with Crippen molar-refractivity contribution >= 4 is 28.3 Å². The maximum absolute atomic E-state index is 12.0. The first kappa shape index (κ1) is 14.4. The largest absolute Gasteiger partial charge is 0.366 e. The summed E-state index contributed by atoms with van der Waals surface area (Å²) in [5.74, 6) is -0.845. The number of thiazole rings is 1. The Morgan fingerprint density at radius 2 is 1.94 bits per heavy atom. The molecule has 0 radical (unpaired) electrons. The Balaban J connectivity index is 2.95. The Hall–Kier alpha value is -1.69. The van der Waals surface area contributed by atoms with Crippen LogP contribution in [-0.2, 0) is 9.59 Å². The molecule has 0 bridgehead atoms. The Morgan fingerprint density at radius 1 is 1.33 bits per heavy atom. The molecular formula is C12H17N3O2S. The van der Waals surface area contributed by atoms with E-state index in [4.69, 9.17) is 5.73 Å². The molecule has 6 heteroatoms. The molecule has 3 N–H and O–H groups in total. The lowest BCUT2D eigenvalue weighted by Gasteiger charge is -2.09. The van der Waals surface area contributed by atoms with E-state index in [1.165, 1.54) is 11.3 Å². The Kier molecular flexibility index (Phi) is 5.03. The number of primary amides is 1. The fourth-order valence-electron chi connectivity index (χ4n) is 1.63. The molecule has 0 unspecified atom stereocenters. The van der Waals surface area contributed by atoms with Crippen LogP contribution in [0.2, 0.25) is 0 Å². The van der Waals surface area contributed by atoms with Crippen LogP contribution in [0.25, 0.3) is 0 Å². The average molecular weight is 267 g/mol. The van der Waals surface area contributed by atoms with Gasteiger partial charge in [-0.1, -0.05) is 13.8 Å². The standard InChI is InChI=1S/C12H17N3O2S/c1-4-8(10(13)16)9(5-2)11(17)15-12-14-7(3)6-18-12/h6H,4-5H2,1-3H3,(H2,13,16)(H,14,15,17)/b9-8+. The van der Waals surface area contributed by atoms with Gasteiger partial charge in [-0.2, -0.15) is 0 Å². The van der Waals surface area contributed by atoms with Crippen LogP contribution >= 0.6 is 11.3 Å². The van der Waals surface area contributed by atoms with E-state index in [-0.39, 0.29) is 5.91 Å². The van der Waals surface area contributed by atoms with Crippen LogP contribution < -0.4 is 11.1 Å². The highest BCUT2D eigenvalue weighted by molar-refractivity contribution is 7.13. The number of hydrogen-bond acceptors (Lipinski definition) is 4. The molecule has 0 aliphatic carbocycles. The molecule has 0 aromatic carbocycles. The zero-order valence-electron chi connectivity index (χ0n) is 10.7. The second-order valence-corrected chi connectivity index (χ2v) is 4.63. The molecule has 1 aromatic heterocycles. The Morgan fingerprint density at radius 3 is 2.33 bits per heavy atom. The van der Waals surface area contributed by atoms with Crippen molar-refractivity contribution in [1.82, 2.24) is 4.98 Å². The highest BCUT2D eigenvalue weighted by Gasteiger charge is 2.17. The summed E-state index contributed by atoms with van der Waals surface area (Å²) in [5.41, 5.74) is 6.93. The third-order valence-electron chi connectivity index (χ3n) is 2.48. The van der Waals surface area contributed by atoms with Crippen molar-refractivity contribution in [3.8, 4) is 0 Å². The summed E-state index contributed by atoms with van der Waals surface area (Å²) in [6.07, 6.45) is 0.908. The number of aromatic nitrogens is 1. The number of nitrogens with zero attached hydrogens (tertiary/aromatic N) is 1. The molecule has 0 spiro atoms. The minimum absolute atomic E-state index is 0.303. The van der Waals surface area contributed by atoms with Gasteiger partial charge in [0.15, 0.2) is 5.13 Å². The van der Waals surface area contributed by atoms with Gasteiger partial charge in [0.1, 0.15) is 0 Å². The van der Waals surface area contributed by atoms with Crippen molar-refractivity contribution in [1.29, 1.82) is 0 Å². The molecule has 0 fully saturated rings. The van der Waals surface area contributed by atoms with Gasteiger partial charge in [0.05, 0.1) is 5.69 Å². The zero-order valence-corrected chi connectivity index (χ0v) is 11.6. The number of carbonyl (C=O) groups is 2. The number of carbonyl (C=O) groups excluding carboxylic acids is 2. The summed E-state index contributed by atoms with van der Waals surface area (Å²) in [5, 5.41) is 5.06. The molecule has 0 atom stereocenters. The third kappa shape index (κ3) is 3.40. The van der Waals surface area contributed by atoms with E-state index < -0.39 is 5.91 Å². The van der Waals surface area contributed by atoms with Crippen LogP contribution in [-0.4, -0.2) is 16.8 Å². The molecule has 98 valence electrons. The number of rotatable bonds is 5. The minimum Gasteiger partial charge on any atom is -0.366 e. The highest BCUT2D eigenvalue weighted by Crippen LogP contribution is 2.18. The molecule has 1 rings (SSSR count). The highest BCUT2D eigenvalue weighted by atomic mass is 32.1.